The Morgan fingerprint density at radius 3 is 2.11 bits per heavy atom. The molecule has 0 fully saturated rings. The second kappa shape index (κ2) is 5.52. The van der Waals surface area contributed by atoms with E-state index in [9.17, 15) is 22.3 Å². The highest BCUT2D eigenvalue weighted by Crippen LogP contribution is 2.23. The number of aliphatic hydroxyl groups is 1. The average molecular weight is 293 g/mol. The van der Waals surface area contributed by atoms with Crippen LogP contribution in [-0.4, -0.2) is 36.5 Å². The van der Waals surface area contributed by atoms with Gasteiger partial charge in [-0.2, -0.15) is 4.31 Å². The van der Waals surface area contributed by atoms with Gasteiger partial charge in [0.05, 0.1) is 5.60 Å². The van der Waals surface area contributed by atoms with Crippen molar-refractivity contribution in [2.24, 2.45) is 0 Å². The van der Waals surface area contributed by atoms with Crippen molar-refractivity contribution in [1.82, 2.24) is 4.31 Å². The summed E-state index contributed by atoms with van der Waals surface area (Å²) in [5, 5.41) is 9.67. The topological polar surface area (TPSA) is 57.6 Å². The minimum Gasteiger partial charge on any atom is -0.389 e. The molecule has 0 unspecified atom stereocenters. The minimum atomic E-state index is -4.32. The third kappa shape index (κ3) is 3.71. The van der Waals surface area contributed by atoms with E-state index in [0.717, 1.165) is 22.5 Å². The van der Waals surface area contributed by atoms with Gasteiger partial charge in [-0.05, 0) is 26.0 Å². The first-order chi connectivity index (χ1) is 8.59. The molecule has 108 valence electrons. The second-order valence-corrected chi connectivity index (χ2v) is 6.67. The predicted molar refractivity (Wildman–Crippen MR) is 67.1 cm³/mol. The van der Waals surface area contributed by atoms with Crippen LogP contribution in [-0.2, 0) is 10.0 Å². The summed E-state index contributed by atoms with van der Waals surface area (Å²) < 4.78 is 52.4. The van der Waals surface area contributed by atoms with Gasteiger partial charge in [-0.15, -0.1) is 0 Å². The molecule has 1 aromatic carbocycles. The summed E-state index contributed by atoms with van der Waals surface area (Å²) in [6.45, 7) is 4.12. The van der Waals surface area contributed by atoms with Gasteiger partial charge in [0, 0.05) is 13.1 Å². The number of sulfonamides is 1. The molecule has 0 aliphatic heterocycles. The molecule has 19 heavy (non-hydrogen) atoms. The highest BCUT2D eigenvalue weighted by molar-refractivity contribution is 7.89. The highest BCUT2D eigenvalue weighted by atomic mass is 32.2. The van der Waals surface area contributed by atoms with E-state index >= 15 is 0 Å². The molecule has 1 aromatic rings. The van der Waals surface area contributed by atoms with E-state index in [1.54, 1.807) is 0 Å². The van der Waals surface area contributed by atoms with Crippen LogP contribution in [0.5, 0.6) is 0 Å². The molecule has 0 saturated carbocycles. The molecule has 0 aliphatic carbocycles. The molecule has 0 aromatic heterocycles. The quantitative estimate of drug-likeness (QED) is 0.899. The van der Waals surface area contributed by atoms with Gasteiger partial charge in [0.1, 0.15) is 11.6 Å². The summed E-state index contributed by atoms with van der Waals surface area (Å²) in [4.78, 5) is -0.985. The maximum absolute atomic E-state index is 13.6. The van der Waals surface area contributed by atoms with Crippen LogP contribution in [0.3, 0.4) is 0 Å². The summed E-state index contributed by atoms with van der Waals surface area (Å²) in [7, 11) is -4.32. The largest absolute Gasteiger partial charge is 0.389 e. The van der Waals surface area contributed by atoms with Crippen LogP contribution in [0.2, 0.25) is 0 Å². The van der Waals surface area contributed by atoms with Crippen LogP contribution in [0.15, 0.2) is 23.1 Å². The maximum Gasteiger partial charge on any atom is 0.249 e. The molecule has 7 heteroatoms. The molecule has 1 N–H and O–H groups in total. The Kier molecular flexibility index (Phi) is 4.65. The molecule has 0 atom stereocenters. The Hall–Kier alpha value is -1.05. The lowest BCUT2D eigenvalue weighted by molar-refractivity contribution is 0.0600. The van der Waals surface area contributed by atoms with Crippen molar-refractivity contribution in [2.75, 3.05) is 13.1 Å². The van der Waals surface area contributed by atoms with Crippen molar-refractivity contribution in [3.63, 3.8) is 0 Å². The lowest BCUT2D eigenvalue weighted by Gasteiger charge is -2.27. The Balaban J connectivity index is 3.29. The van der Waals surface area contributed by atoms with E-state index in [2.05, 4.69) is 0 Å². The van der Waals surface area contributed by atoms with E-state index < -0.39 is 32.2 Å². The monoisotopic (exact) mass is 293 g/mol. The van der Waals surface area contributed by atoms with Gasteiger partial charge in [0.15, 0.2) is 4.90 Å². The van der Waals surface area contributed by atoms with Gasteiger partial charge in [-0.3, -0.25) is 0 Å². The summed E-state index contributed by atoms with van der Waals surface area (Å²) in [6.07, 6.45) is 0. The van der Waals surface area contributed by atoms with Gasteiger partial charge >= 0.3 is 0 Å². The first kappa shape index (κ1) is 16.0. The van der Waals surface area contributed by atoms with Gasteiger partial charge < -0.3 is 5.11 Å². The van der Waals surface area contributed by atoms with Crippen LogP contribution >= 0.6 is 0 Å². The Morgan fingerprint density at radius 2 is 1.74 bits per heavy atom. The minimum absolute atomic E-state index is 0.0000968. The lowest BCUT2D eigenvalue weighted by Crippen LogP contribution is -2.42. The zero-order chi connectivity index (χ0) is 14.8. The van der Waals surface area contributed by atoms with Gasteiger partial charge in [0.2, 0.25) is 10.0 Å². The third-order valence-electron chi connectivity index (χ3n) is 2.43. The molecule has 0 heterocycles. The zero-order valence-corrected chi connectivity index (χ0v) is 11.8. The first-order valence-electron chi connectivity index (χ1n) is 5.76. The number of benzene rings is 1. The van der Waals surface area contributed by atoms with Crippen LogP contribution in [0.1, 0.15) is 20.8 Å². The molecule has 0 amide bonds. The van der Waals surface area contributed by atoms with Crippen molar-refractivity contribution in [3.05, 3.63) is 29.8 Å². The van der Waals surface area contributed by atoms with E-state index in [1.807, 2.05) is 0 Å². The average Bonchev–Trinajstić information content (AvgIpc) is 2.23. The molecular weight excluding hydrogens is 276 g/mol. The van der Waals surface area contributed by atoms with Crippen molar-refractivity contribution in [3.8, 4) is 0 Å². The van der Waals surface area contributed by atoms with Gasteiger partial charge in [-0.1, -0.05) is 13.0 Å². The Labute approximate surface area is 111 Å². The fourth-order valence-electron chi connectivity index (χ4n) is 1.66. The molecule has 0 spiro atoms. The molecular formula is C12H17F2NO3S. The van der Waals surface area contributed by atoms with Crippen LogP contribution in [0.4, 0.5) is 8.78 Å². The number of hydrogen-bond donors (Lipinski definition) is 1. The van der Waals surface area contributed by atoms with Crippen molar-refractivity contribution < 1.29 is 22.3 Å². The van der Waals surface area contributed by atoms with Crippen LogP contribution in [0, 0.1) is 11.6 Å². The fraction of sp³-hybridized carbons (Fsp3) is 0.500. The molecule has 0 bridgehead atoms. The van der Waals surface area contributed by atoms with Crippen molar-refractivity contribution in [2.45, 2.75) is 31.3 Å². The summed E-state index contributed by atoms with van der Waals surface area (Å²) in [6, 6.07) is 2.86. The number of likely N-dealkylation sites (N-methyl/N-ethyl adjacent to an activating group) is 1. The van der Waals surface area contributed by atoms with E-state index in [1.165, 1.54) is 20.8 Å². The zero-order valence-electron chi connectivity index (χ0n) is 11.0. The number of halogens is 2. The lowest BCUT2D eigenvalue weighted by atomic mass is 10.1. The number of rotatable bonds is 5. The SMILES string of the molecule is CCN(CC(C)(C)O)S(=O)(=O)c1c(F)cccc1F. The number of nitrogens with zero attached hydrogens (tertiary/aromatic N) is 1. The van der Waals surface area contributed by atoms with Crippen LogP contribution in [0.25, 0.3) is 0 Å². The highest BCUT2D eigenvalue weighted by Gasteiger charge is 2.32. The first-order valence-corrected chi connectivity index (χ1v) is 7.20. The Morgan fingerprint density at radius 1 is 1.26 bits per heavy atom. The molecule has 0 saturated heterocycles. The molecule has 4 nitrogen and oxygen atoms in total. The predicted octanol–water partition coefficient (Wildman–Crippen LogP) is 1.75. The van der Waals surface area contributed by atoms with Crippen molar-refractivity contribution in [1.29, 1.82) is 0 Å². The fourth-order valence-corrected chi connectivity index (χ4v) is 3.37. The summed E-state index contributed by atoms with van der Waals surface area (Å²) in [5.41, 5.74) is -1.30. The normalized spacial score (nSPS) is 13.0. The number of hydrogen-bond acceptors (Lipinski definition) is 3. The molecule has 0 aliphatic rings. The second-order valence-electron chi connectivity index (χ2n) is 4.79. The van der Waals surface area contributed by atoms with E-state index in [-0.39, 0.29) is 13.1 Å². The standard InChI is InChI=1S/C12H17F2NO3S/c1-4-15(8-12(2,3)16)19(17,18)11-9(13)6-5-7-10(11)14/h5-7,16H,4,8H2,1-3H3. The van der Waals surface area contributed by atoms with E-state index in [4.69, 9.17) is 0 Å². The van der Waals surface area contributed by atoms with Gasteiger partial charge in [0.25, 0.3) is 0 Å². The maximum atomic E-state index is 13.6. The molecule has 0 radical (unpaired) electrons. The third-order valence-corrected chi connectivity index (χ3v) is 4.41. The Bertz CT molecular complexity index is 532. The summed E-state index contributed by atoms with van der Waals surface area (Å²) in [5.74, 6) is -2.29. The van der Waals surface area contributed by atoms with E-state index in [0.29, 0.717) is 0 Å². The molecule has 1 rings (SSSR count). The smallest absolute Gasteiger partial charge is 0.249 e. The van der Waals surface area contributed by atoms with Crippen LogP contribution < -0.4 is 0 Å². The van der Waals surface area contributed by atoms with Crippen molar-refractivity contribution >= 4 is 10.0 Å². The van der Waals surface area contributed by atoms with Gasteiger partial charge in [-0.25, -0.2) is 17.2 Å². The summed E-state index contributed by atoms with van der Waals surface area (Å²) >= 11 is 0.